The van der Waals surface area contributed by atoms with Gasteiger partial charge in [0.15, 0.2) is 0 Å². The van der Waals surface area contributed by atoms with E-state index in [1.807, 2.05) is 19.1 Å². The number of hydrogen-bond acceptors (Lipinski definition) is 5. The maximum atomic E-state index is 11.1. The molecule has 7 heteroatoms. The summed E-state index contributed by atoms with van der Waals surface area (Å²) >= 11 is 6.03. The van der Waals surface area contributed by atoms with Gasteiger partial charge in [-0.15, -0.1) is 0 Å². The molecule has 0 aromatic heterocycles. The first-order chi connectivity index (χ1) is 11.0. The molecule has 0 heterocycles. The molecule has 0 radical (unpaired) electrons. The Morgan fingerprint density at radius 1 is 1.35 bits per heavy atom. The highest BCUT2D eigenvalue weighted by Crippen LogP contribution is 2.27. The lowest BCUT2D eigenvalue weighted by atomic mass is 10.1. The Kier molecular flexibility index (Phi) is 5.78. The lowest BCUT2D eigenvalue weighted by Crippen LogP contribution is -2.23. The van der Waals surface area contributed by atoms with Gasteiger partial charge in [0.1, 0.15) is 17.5 Å². The second-order valence-corrected chi connectivity index (χ2v) is 5.41. The van der Waals surface area contributed by atoms with Gasteiger partial charge in [0.25, 0.3) is 5.69 Å². The van der Waals surface area contributed by atoms with Crippen LogP contribution in [0.3, 0.4) is 0 Å². The number of nitro groups is 1. The van der Waals surface area contributed by atoms with E-state index in [1.54, 1.807) is 18.2 Å². The van der Waals surface area contributed by atoms with E-state index in [0.717, 1.165) is 0 Å². The highest BCUT2D eigenvalue weighted by Gasteiger charge is 2.15. The first-order valence-corrected chi connectivity index (χ1v) is 7.42. The molecule has 2 rings (SSSR count). The van der Waals surface area contributed by atoms with Crippen LogP contribution >= 0.6 is 11.6 Å². The van der Waals surface area contributed by atoms with Gasteiger partial charge in [0.05, 0.1) is 23.1 Å². The number of anilines is 1. The van der Waals surface area contributed by atoms with Gasteiger partial charge in [-0.05, 0) is 36.8 Å². The largest absolute Gasteiger partial charge is 0.487 e. The van der Waals surface area contributed by atoms with E-state index < -0.39 is 4.92 Å². The third-order valence-corrected chi connectivity index (χ3v) is 3.50. The Bertz CT molecular complexity index is 694. The molecule has 0 aliphatic carbocycles. The lowest BCUT2D eigenvalue weighted by Gasteiger charge is -2.17. The average Bonchev–Trinajstić information content (AvgIpc) is 2.54. The maximum absolute atomic E-state index is 11.1. The number of hydrogen-bond donors (Lipinski definition) is 2. The normalized spacial score (nSPS) is 11.8. The molecule has 0 amide bonds. The minimum atomic E-state index is -0.469. The minimum absolute atomic E-state index is 0.0489. The van der Waals surface area contributed by atoms with Crippen molar-refractivity contribution in [2.24, 2.45) is 0 Å². The van der Waals surface area contributed by atoms with Crippen molar-refractivity contribution in [1.82, 2.24) is 0 Å². The number of benzene rings is 2. The van der Waals surface area contributed by atoms with Gasteiger partial charge in [-0.25, -0.2) is 0 Å². The van der Waals surface area contributed by atoms with Crippen LogP contribution < -0.4 is 10.1 Å². The first-order valence-electron chi connectivity index (χ1n) is 7.04. The van der Waals surface area contributed by atoms with Crippen LogP contribution in [0.5, 0.6) is 5.75 Å². The second-order valence-electron chi connectivity index (χ2n) is 5.01. The number of nitro benzene ring substituents is 1. The number of halogens is 1. The van der Waals surface area contributed by atoms with Crippen LogP contribution in [-0.2, 0) is 6.61 Å². The summed E-state index contributed by atoms with van der Waals surface area (Å²) in [5.41, 5.74) is 0.890. The Morgan fingerprint density at radius 2 is 2.09 bits per heavy atom. The van der Waals surface area contributed by atoms with Gasteiger partial charge in [-0.2, -0.15) is 0 Å². The van der Waals surface area contributed by atoms with E-state index in [0.29, 0.717) is 28.6 Å². The average molecular weight is 337 g/mol. The number of rotatable bonds is 7. The molecular weight excluding hydrogens is 320 g/mol. The molecule has 0 aliphatic rings. The monoisotopic (exact) mass is 336 g/mol. The highest BCUT2D eigenvalue weighted by molar-refractivity contribution is 6.32. The number of nitrogens with one attached hydrogen (secondary N) is 1. The molecule has 0 spiro atoms. The zero-order valence-electron chi connectivity index (χ0n) is 12.5. The fourth-order valence-corrected chi connectivity index (χ4v) is 2.22. The van der Waals surface area contributed by atoms with Gasteiger partial charge < -0.3 is 15.2 Å². The summed E-state index contributed by atoms with van der Waals surface area (Å²) < 4.78 is 5.71. The molecule has 122 valence electrons. The van der Waals surface area contributed by atoms with E-state index in [-0.39, 0.29) is 18.4 Å². The van der Waals surface area contributed by atoms with Crippen LogP contribution in [0, 0.1) is 10.1 Å². The molecule has 2 aromatic rings. The van der Waals surface area contributed by atoms with Crippen LogP contribution in [0.2, 0.25) is 5.02 Å². The van der Waals surface area contributed by atoms with E-state index in [2.05, 4.69) is 5.32 Å². The van der Waals surface area contributed by atoms with E-state index in [1.165, 1.54) is 12.1 Å². The molecular formula is C16H17ClN2O4. The standard InChI is InChI=1S/C16H17ClN2O4/c1-11(23-16-5-3-2-4-13(16)17)9-18-14-8-12(10-20)6-7-15(14)19(21)22/h2-8,11,18,20H,9-10H2,1H3. The zero-order valence-corrected chi connectivity index (χ0v) is 13.3. The fraction of sp³-hybridized carbons (Fsp3) is 0.250. The summed E-state index contributed by atoms with van der Waals surface area (Å²) in [7, 11) is 0. The van der Waals surface area contributed by atoms with E-state index in [4.69, 9.17) is 21.4 Å². The molecule has 0 fully saturated rings. The summed E-state index contributed by atoms with van der Waals surface area (Å²) in [5, 5.41) is 23.7. The summed E-state index contributed by atoms with van der Waals surface area (Å²) in [4.78, 5) is 10.6. The molecule has 0 aliphatic heterocycles. The van der Waals surface area contributed by atoms with Crippen molar-refractivity contribution in [1.29, 1.82) is 0 Å². The number of aliphatic hydroxyl groups excluding tert-OH is 1. The van der Waals surface area contributed by atoms with Crippen molar-refractivity contribution >= 4 is 23.0 Å². The smallest absolute Gasteiger partial charge is 0.292 e. The number of para-hydroxylation sites is 1. The van der Waals surface area contributed by atoms with Gasteiger partial charge in [-0.1, -0.05) is 23.7 Å². The Balaban J connectivity index is 2.05. The van der Waals surface area contributed by atoms with Crippen molar-refractivity contribution in [3.63, 3.8) is 0 Å². The third-order valence-electron chi connectivity index (χ3n) is 3.19. The van der Waals surface area contributed by atoms with Crippen molar-refractivity contribution < 1.29 is 14.8 Å². The Hall–Kier alpha value is -2.31. The predicted molar refractivity (Wildman–Crippen MR) is 89.1 cm³/mol. The molecule has 0 saturated carbocycles. The SMILES string of the molecule is CC(CNc1cc(CO)ccc1[N+](=O)[O-])Oc1ccccc1Cl. The maximum Gasteiger partial charge on any atom is 0.292 e. The zero-order chi connectivity index (χ0) is 16.8. The summed E-state index contributed by atoms with van der Waals surface area (Å²) in [6, 6.07) is 11.6. The van der Waals surface area contributed by atoms with E-state index >= 15 is 0 Å². The van der Waals surface area contributed by atoms with Gasteiger partial charge in [-0.3, -0.25) is 10.1 Å². The summed E-state index contributed by atoms with van der Waals surface area (Å²) in [6.07, 6.45) is -0.257. The predicted octanol–water partition coefficient (Wildman–Crippen LogP) is 3.62. The van der Waals surface area contributed by atoms with Crippen LogP contribution in [0.1, 0.15) is 12.5 Å². The van der Waals surface area contributed by atoms with Crippen molar-refractivity contribution in [3.05, 3.63) is 63.2 Å². The van der Waals surface area contributed by atoms with Gasteiger partial charge in [0, 0.05) is 6.07 Å². The van der Waals surface area contributed by atoms with Crippen molar-refractivity contribution in [3.8, 4) is 5.75 Å². The van der Waals surface area contributed by atoms with Crippen LogP contribution in [-0.4, -0.2) is 22.7 Å². The lowest BCUT2D eigenvalue weighted by molar-refractivity contribution is -0.384. The topological polar surface area (TPSA) is 84.6 Å². The molecule has 1 unspecified atom stereocenters. The third kappa shape index (κ3) is 4.58. The molecule has 0 bridgehead atoms. The van der Waals surface area contributed by atoms with Crippen LogP contribution in [0.25, 0.3) is 0 Å². The second kappa shape index (κ2) is 7.80. The molecule has 6 nitrogen and oxygen atoms in total. The highest BCUT2D eigenvalue weighted by atomic mass is 35.5. The van der Waals surface area contributed by atoms with Crippen molar-refractivity contribution in [2.75, 3.05) is 11.9 Å². The molecule has 0 saturated heterocycles. The molecule has 1 atom stereocenters. The number of nitrogens with zero attached hydrogens (tertiary/aromatic N) is 1. The first kappa shape index (κ1) is 17.1. The Morgan fingerprint density at radius 3 is 2.74 bits per heavy atom. The minimum Gasteiger partial charge on any atom is -0.487 e. The number of aliphatic hydroxyl groups is 1. The van der Waals surface area contributed by atoms with Crippen LogP contribution in [0.15, 0.2) is 42.5 Å². The van der Waals surface area contributed by atoms with Crippen molar-refractivity contribution in [2.45, 2.75) is 19.6 Å². The summed E-state index contributed by atoms with van der Waals surface area (Å²) in [5.74, 6) is 0.557. The van der Waals surface area contributed by atoms with Gasteiger partial charge >= 0.3 is 0 Å². The quantitative estimate of drug-likeness (QED) is 0.596. The molecule has 2 N–H and O–H groups in total. The molecule has 2 aromatic carbocycles. The van der Waals surface area contributed by atoms with Gasteiger partial charge in [0.2, 0.25) is 0 Å². The van der Waals surface area contributed by atoms with Crippen LogP contribution in [0.4, 0.5) is 11.4 Å². The number of ether oxygens (including phenoxy) is 1. The van der Waals surface area contributed by atoms with E-state index in [9.17, 15) is 10.1 Å². The Labute approximate surface area is 138 Å². The fourth-order valence-electron chi connectivity index (χ4n) is 2.03. The molecule has 23 heavy (non-hydrogen) atoms. The summed E-state index contributed by atoms with van der Waals surface area (Å²) in [6.45, 7) is 2.00.